The lowest BCUT2D eigenvalue weighted by atomic mass is 9.91. The second-order valence-electron chi connectivity index (χ2n) is 8.41. The molecule has 2 aromatic rings. The monoisotopic (exact) mass is 381 g/mol. The second-order valence-corrected chi connectivity index (χ2v) is 8.41. The zero-order chi connectivity index (χ0) is 19.7. The first kappa shape index (κ1) is 19.4. The van der Waals surface area contributed by atoms with Crippen LogP contribution in [0.5, 0.6) is 0 Å². The van der Waals surface area contributed by atoms with Crippen molar-refractivity contribution in [1.82, 2.24) is 0 Å². The van der Waals surface area contributed by atoms with E-state index < -0.39 is 6.10 Å². The van der Waals surface area contributed by atoms with Crippen LogP contribution in [0, 0.1) is 6.92 Å². The summed E-state index contributed by atoms with van der Waals surface area (Å²) in [5.74, 6) is 0. The standard InChI is InChI=1S/C24H31NO3/c1-16-5-7-19(24-14-21(27)13-22(15-26)28-24)12-20(16)11-17-6-8-23-18(10-17)4-3-9-25(23)2/h5-8,10,12,21-22,24,26-27H,3-4,9,11,13-15H2,1-2H3. The molecule has 2 aromatic carbocycles. The van der Waals surface area contributed by atoms with Gasteiger partial charge in [0.05, 0.1) is 24.9 Å². The van der Waals surface area contributed by atoms with E-state index in [1.54, 1.807) is 0 Å². The highest BCUT2D eigenvalue weighted by Crippen LogP contribution is 2.33. The van der Waals surface area contributed by atoms with Gasteiger partial charge in [0.1, 0.15) is 0 Å². The predicted molar refractivity (Wildman–Crippen MR) is 112 cm³/mol. The molecule has 0 aliphatic carbocycles. The number of aliphatic hydroxyl groups is 2. The van der Waals surface area contributed by atoms with Crippen LogP contribution in [0.2, 0.25) is 0 Å². The van der Waals surface area contributed by atoms with Crippen LogP contribution in [-0.4, -0.2) is 42.6 Å². The molecule has 0 amide bonds. The topological polar surface area (TPSA) is 52.9 Å². The molecule has 2 N–H and O–H groups in total. The largest absolute Gasteiger partial charge is 0.394 e. The summed E-state index contributed by atoms with van der Waals surface area (Å²) in [5, 5.41) is 19.6. The average Bonchev–Trinajstić information content (AvgIpc) is 2.69. The number of benzene rings is 2. The van der Waals surface area contributed by atoms with Crippen molar-refractivity contribution in [1.29, 1.82) is 0 Å². The third-order valence-electron chi connectivity index (χ3n) is 6.22. The van der Waals surface area contributed by atoms with Gasteiger partial charge in [-0.15, -0.1) is 0 Å². The van der Waals surface area contributed by atoms with Crippen LogP contribution in [0.3, 0.4) is 0 Å². The maximum atomic E-state index is 10.1. The Labute approximate surface area is 167 Å². The maximum Gasteiger partial charge on any atom is 0.0854 e. The molecule has 28 heavy (non-hydrogen) atoms. The van der Waals surface area contributed by atoms with Gasteiger partial charge in [-0.3, -0.25) is 0 Å². The smallest absolute Gasteiger partial charge is 0.0854 e. The lowest BCUT2D eigenvalue weighted by molar-refractivity contribution is -0.113. The Balaban J connectivity index is 1.56. The number of anilines is 1. The molecule has 0 saturated carbocycles. The van der Waals surface area contributed by atoms with Crippen LogP contribution in [0.25, 0.3) is 0 Å². The molecule has 2 aliphatic rings. The molecule has 0 bridgehead atoms. The number of hydrogen-bond acceptors (Lipinski definition) is 4. The molecule has 150 valence electrons. The van der Waals surface area contributed by atoms with E-state index in [-0.39, 0.29) is 18.8 Å². The average molecular weight is 382 g/mol. The Morgan fingerprint density at radius 3 is 2.82 bits per heavy atom. The Morgan fingerprint density at radius 2 is 2.00 bits per heavy atom. The van der Waals surface area contributed by atoms with Gasteiger partial charge in [0, 0.05) is 32.1 Å². The number of nitrogens with zero attached hydrogens (tertiary/aromatic N) is 1. The Kier molecular flexibility index (Phi) is 5.72. The zero-order valence-electron chi connectivity index (χ0n) is 16.9. The first-order valence-corrected chi connectivity index (χ1v) is 10.4. The minimum absolute atomic E-state index is 0.0458. The van der Waals surface area contributed by atoms with Gasteiger partial charge >= 0.3 is 0 Å². The fraction of sp³-hybridized carbons (Fsp3) is 0.500. The van der Waals surface area contributed by atoms with Gasteiger partial charge in [0.25, 0.3) is 0 Å². The molecule has 1 fully saturated rings. The predicted octanol–water partition coefficient (Wildman–Crippen LogP) is 3.54. The van der Waals surface area contributed by atoms with Crippen LogP contribution in [-0.2, 0) is 17.6 Å². The minimum atomic E-state index is -0.418. The van der Waals surface area contributed by atoms with Crippen LogP contribution in [0.1, 0.15) is 53.2 Å². The van der Waals surface area contributed by atoms with Crippen molar-refractivity contribution in [2.24, 2.45) is 0 Å². The van der Waals surface area contributed by atoms with Crippen LogP contribution < -0.4 is 4.90 Å². The maximum absolute atomic E-state index is 10.1. The number of aryl methyl sites for hydroxylation is 2. The van der Waals surface area contributed by atoms with Crippen molar-refractivity contribution in [3.8, 4) is 0 Å². The lowest BCUT2D eigenvalue weighted by Crippen LogP contribution is -2.33. The molecule has 4 rings (SSSR count). The van der Waals surface area contributed by atoms with E-state index in [1.165, 1.54) is 34.4 Å². The van der Waals surface area contributed by atoms with E-state index in [0.29, 0.717) is 12.8 Å². The van der Waals surface area contributed by atoms with Gasteiger partial charge < -0.3 is 19.8 Å². The van der Waals surface area contributed by atoms with Gasteiger partial charge in [0.2, 0.25) is 0 Å². The minimum Gasteiger partial charge on any atom is -0.394 e. The lowest BCUT2D eigenvalue weighted by Gasteiger charge is -2.33. The molecule has 0 spiro atoms. The van der Waals surface area contributed by atoms with Gasteiger partial charge in [-0.1, -0.05) is 30.3 Å². The zero-order valence-corrected chi connectivity index (χ0v) is 16.9. The van der Waals surface area contributed by atoms with Crippen LogP contribution in [0.15, 0.2) is 36.4 Å². The van der Waals surface area contributed by atoms with E-state index in [9.17, 15) is 10.2 Å². The van der Waals surface area contributed by atoms with Crippen molar-refractivity contribution in [2.45, 2.75) is 57.3 Å². The summed E-state index contributed by atoms with van der Waals surface area (Å²) in [4.78, 5) is 2.35. The Bertz CT molecular complexity index is 835. The molecular weight excluding hydrogens is 350 g/mol. The van der Waals surface area contributed by atoms with E-state index >= 15 is 0 Å². The van der Waals surface area contributed by atoms with Crippen molar-refractivity contribution >= 4 is 5.69 Å². The molecule has 0 radical (unpaired) electrons. The van der Waals surface area contributed by atoms with Crippen LogP contribution in [0.4, 0.5) is 5.69 Å². The van der Waals surface area contributed by atoms with Gasteiger partial charge in [-0.25, -0.2) is 0 Å². The Hall–Kier alpha value is -1.88. The molecule has 2 heterocycles. The number of aliphatic hydroxyl groups excluding tert-OH is 2. The molecule has 2 aliphatic heterocycles. The first-order valence-electron chi connectivity index (χ1n) is 10.4. The summed E-state index contributed by atoms with van der Waals surface area (Å²) >= 11 is 0. The first-order chi connectivity index (χ1) is 13.5. The molecule has 4 heteroatoms. The third-order valence-corrected chi connectivity index (χ3v) is 6.22. The fourth-order valence-corrected chi connectivity index (χ4v) is 4.57. The molecule has 0 aromatic heterocycles. The number of ether oxygens (including phenoxy) is 1. The molecule has 1 saturated heterocycles. The number of rotatable bonds is 4. The van der Waals surface area contributed by atoms with Crippen molar-refractivity contribution < 1.29 is 14.9 Å². The summed E-state index contributed by atoms with van der Waals surface area (Å²) in [5.41, 5.74) is 7.81. The van der Waals surface area contributed by atoms with Gasteiger partial charge in [-0.2, -0.15) is 0 Å². The number of hydrogen-bond donors (Lipinski definition) is 2. The fourth-order valence-electron chi connectivity index (χ4n) is 4.57. The summed E-state index contributed by atoms with van der Waals surface area (Å²) in [6.07, 6.45) is 3.51. The normalized spacial score (nSPS) is 24.9. The highest BCUT2D eigenvalue weighted by atomic mass is 16.5. The highest BCUT2D eigenvalue weighted by molar-refractivity contribution is 5.56. The van der Waals surface area contributed by atoms with Crippen molar-refractivity contribution in [2.75, 3.05) is 25.1 Å². The quantitative estimate of drug-likeness (QED) is 0.851. The highest BCUT2D eigenvalue weighted by Gasteiger charge is 2.29. The van der Waals surface area contributed by atoms with E-state index in [4.69, 9.17) is 4.74 Å². The van der Waals surface area contributed by atoms with E-state index in [1.807, 2.05) is 0 Å². The summed E-state index contributed by atoms with van der Waals surface area (Å²) in [7, 11) is 2.17. The molecule has 4 nitrogen and oxygen atoms in total. The number of fused-ring (bicyclic) bond motifs is 1. The molecule has 3 unspecified atom stereocenters. The van der Waals surface area contributed by atoms with E-state index in [0.717, 1.165) is 24.9 Å². The molecule has 3 atom stereocenters. The van der Waals surface area contributed by atoms with Gasteiger partial charge in [0.15, 0.2) is 0 Å². The summed E-state index contributed by atoms with van der Waals surface area (Å²) < 4.78 is 6.01. The molecular formula is C24H31NO3. The third kappa shape index (κ3) is 4.09. The SMILES string of the molecule is Cc1ccc(C2CC(O)CC(CO)O2)cc1Cc1ccc2c(c1)CCCN2C. The second kappa shape index (κ2) is 8.24. The van der Waals surface area contributed by atoms with Crippen molar-refractivity contribution in [3.63, 3.8) is 0 Å². The van der Waals surface area contributed by atoms with Crippen molar-refractivity contribution in [3.05, 3.63) is 64.2 Å². The summed E-state index contributed by atoms with van der Waals surface area (Å²) in [6.45, 7) is 3.24. The van der Waals surface area contributed by atoms with E-state index in [2.05, 4.69) is 55.3 Å². The van der Waals surface area contributed by atoms with Gasteiger partial charge in [-0.05, 0) is 60.1 Å². The summed E-state index contributed by atoms with van der Waals surface area (Å²) in [6, 6.07) is 13.3. The Morgan fingerprint density at radius 1 is 1.14 bits per heavy atom. The van der Waals surface area contributed by atoms with Crippen LogP contribution >= 0.6 is 0 Å².